The van der Waals surface area contributed by atoms with E-state index in [0.29, 0.717) is 6.42 Å². The molecule has 106 valence electrons. The van der Waals surface area contributed by atoms with E-state index in [-0.39, 0.29) is 0 Å². The average molecular weight is 264 g/mol. The fraction of sp³-hybridized carbons (Fsp3) is 0.688. The first kappa shape index (κ1) is 15.8. The van der Waals surface area contributed by atoms with Gasteiger partial charge >= 0.3 is 5.97 Å². The summed E-state index contributed by atoms with van der Waals surface area (Å²) < 4.78 is 0. The smallest absolute Gasteiger partial charge is 0.303 e. The van der Waals surface area contributed by atoms with Gasteiger partial charge in [0.2, 0.25) is 0 Å². The topological polar surface area (TPSA) is 57.5 Å². The van der Waals surface area contributed by atoms with Crippen LogP contribution in [0.4, 0.5) is 0 Å². The van der Waals surface area contributed by atoms with E-state index < -0.39 is 12.1 Å². The highest BCUT2D eigenvalue weighted by atomic mass is 16.4. The zero-order chi connectivity index (χ0) is 14.1. The van der Waals surface area contributed by atoms with Crippen LogP contribution in [-0.2, 0) is 4.79 Å². The molecular weight excluding hydrogens is 240 g/mol. The molecule has 19 heavy (non-hydrogen) atoms. The standard InChI is InChI=1S/C16H24O3/c1-13(17)8-4-2-3-5-9-14-12-15(14)10-6-7-11-16(18)19/h4,8,13-15,17H,5-7,9-12H2,1H3,(H,18,19)/b8-4+/t13?,14-,15-/m1/s1. The van der Waals surface area contributed by atoms with E-state index in [1.807, 2.05) is 0 Å². The summed E-state index contributed by atoms with van der Waals surface area (Å²) in [6, 6.07) is 0. The predicted molar refractivity (Wildman–Crippen MR) is 75.5 cm³/mol. The molecule has 0 aliphatic heterocycles. The maximum atomic E-state index is 10.4. The Bertz CT molecular complexity index is 360. The van der Waals surface area contributed by atoms with Crippen molar-refractivity contribution in [3.05, 3.63) is 12.2 Å². The van der Waals surface area contributed by atoms with Crippen molar-refractivity contribution in [2.45, 2.75) is 58.0 Å². The molecule has 0 amide bonds. The number of rotatable bonds is 8. The van der Waals surface area contributed by atoms with E-state index in [1.54, 1.807) is 19.1 Å². The molecule has 1 unspecified atom stereocenters. The van der Waals surface area contributed by atoms with Crippen LogP contribution in [0.1, 0.15) is 51.9 Å². The van der Waals surface area contributed by atoms with Crippen LogP contribution in [0.5, 0.6) is 0 Å². The largest absolute Gasteiger partial charge is 0.481 e. The molecular formula is C16H24O3. The first-order chi connectivity index (χ1) is 9.09. The van der Waals surface area contributed by atoms with Gasteiger partial charge in [0, 0.05) is 12.8 Å². The number of aliphatic carboxylic acids is 1. The SMILES string of the molecule is CC(O)/C=C/C#CCC[C@@H]1C[C@H]1CCCCC(=O)O. The van der Waals surface area contributed by atoms with E-state index in [9.17, 15) is 4.79 Å². The summed E-state index contributed by atoms with van der Waals surface area (Å²) in [5.41, 5.74) is 0. The van der Waals surface area contributed by atoms with Crippen molar-refractivity contribution in [3.63, 3.8) is 0 Å². The number of carbonyl (C=O) groups is 1. The summed E-state index contributed by atoms with van der Waals surface area (Å²) in [7, 11) is 0. The lowest BCUT2D eigenvalue weighted by Crippen LogP contribution is -1.94. The molecule has 1 fully saturated rings. The van der Waals surface area contributed by atoms with Crippen molar-refractivity contribution in [2.75, 3.05) is 0 Å². The van der Waals surface area contributed by atoms with Crippen LogP contribution in [0.2, 0.25) is 0 Å². The minimum atomic E-state index is -0.687. The highest BCUT2D eigenvalue weighted by Crippen LogP contribution is 2.45. The van der Waals surface area contributed by atoms with Gasteiger partial charge in [0.15, 0.2) is 0 Å². The number of aliphatic hydroxyl groups excluding tert-OH is 1. The van der Waals surface area contributed by atoms with Gasteiger partial charge in [-0.05, 0) is 50.2 Å². The van der Waals surface area contributed by atoms with Crippen molar-refractivity contribution in [2.24, 2.45) is 11.8 Å². The third kappa shape index (κ3) is 8.45. The molecule has 0 aromatic carbocycles. The molecule has 1 saturated carbocycles. The van der Waals surface area contributed by atoms with Crippen LogP contribution in [-0.4, -0.2) is 22.3 Å². The van der Waals surface area contributed by atoms with Crippen LogP contribution in [0.3, 0.4) is 0 Å². The molecule has 0 aromatic rings. The minimum absolute atomic E-state index is 0.304. The summed E-state index contributed by atoms with van der Waals surface area (Å²) in [5.74, 6) is 6.94. The fourth-order valence-electron chi connectivity index (χ4n) is 2.28. The lowest BCUT2D eigenvalue weighted by atomic mass is 10.1. The Morgan fingerprint density at radius 3 is 2.79 bits per heavy atom. The Kier molecular flexibility index (Phi) is 7.28. The van der Waals surface area contributed by atoms with Gasteiger partial charge in [0.25, 0.3) is 0 Å². The highest BCUT2D eigenvalue weighted by Gasteiger charge is 2.35. The summed E-state index contributed by atoms with van der Waals surface area (Å²) >= 11 is 0. The number of unbranched alkanes of at least 4 members (excludes halogenated alkanes) is 1. The molecule has 0 saturated heterocycles. The maximum Gasteiger partial charge on any atom is 0.303 e. The number of aliphatic hydroxyl groups is 1. The van der Waals surface area contributed by atoms with Crippen LogP contribution in [0.25, 0.3) is 0 Å². The number of hydrogen-bond donors (Lipinski definition) is 2. The maximum absolute atomic E-state index is 10.4. The fourth-order valence-corrected chi connectivity index (χ4v) is 2.28. The predicted octanol–water partition coefficient (Wildman–Crippen LogP) is 2.99. The molecule has 3 nitrogen and oxygen atoms in total. The van der Waals surface area contributed by atoms with Crippen LogP contribution >= 0.6 is 0 Å². The van der Waals surface area contributed by atoms with E-state index in [2.05, 4.69) is 11.8 Å². The molecule has 0 bridgehead atoms. The quantitative estimate of drug-likeness (QED) is 0.523. The summed E-state index contributed by atoms with van der Waals surface area (Å²) in [5, 5.41) is 17.5. The number of carboxylic acids is 1. The first-order valence-corrected chi connectivity index (χ1v) is 7.14. The Morgan fingerprint density at radius 1 is 1.37 bits per heavy atom. The first-order valence-electron chi connectivity index (χ1n) is 7.14. The Morgan fingerprint density at radius 2 is 2.11 bits per heavy atom. The lowest BCUT2D eigenvalue weighted by Gasteiger charge is -1.98. The third-order valence-corrected chi connectivity index (χ3v) is 3.48. The Balaban J connectivity index is 1.97. The lowest BCUT2D eigenvalue weighted by molar-refractivity contribution is -0.137. The number of hydrogen-bond acceptors (Lipinski definition) is 2. The van der Waals surface area contributed by atoms with Crippen molar-refractivity contribution in [3.8, 4) is 11.8 Å². The summed E-state index contributed by atoms with van der Waals surface area (Å²) in [6.45, 7) is 1.71. The van der Waals surface area contributed by atoms with Crippen molar-refractivity contribution in [1.82, 2.24) is 0 Å². The van der Waals surface area contributed by atoms with Gasteiger partial charge in [-0.2, -0.15) is 0 Å². The highest BCUT2D eigenvalue weighted by molar-refractivity contribution is 5.66. The number of allylic oxidation sites excluding steroid dienone is 1. The molecule has 0 aromatic heterocycles. The second-order valence-electron chi connectivity index (χ2n) is 5.35. The normalized spacial score (nSPS) is 22.8. The summed E-state index contributed by atoms with van der Waals surface area (Å²) in [4.78, 5) is 10.4. The van der Waals surface area contributed by atoms with Crippen LogP contribution in [0, 0.1) is 23.7 Å². The monoisotopic (exact) mass is 264 g/mol. The van der Waals surface area contributed by atoms with E-state index in [4.69, 9.17) is 10.2 Å². The zero-order valence-corrected chi connectivity index (χ0v) is 11.6. The summed E-state index contributed by atoms with van der Waals surface area (Å²) in [6.07, 6.45) is 9.64. The van der Waals surface area contributed by atoms with Gasteiger partial charge in [-0.3, -0.25) is 4.79 Å². The van der Waals surface area contributed by atoms with E-state index >= 15 is 0 Å². The van der Waals surface area contributed by atoms with Crippen LogP contribution in [0.15, 0.2) is 12.2 Å². The molecule has 3 atom stereocenters. The van der Waals surface area contributed by atoms with Gasteiger partial charge in [-0.1, -0.05) is 24.7 Å². The zero-order valence-electron chi connectivity index (χ0n) is 11.6. The van der Waals surface area contributed by atoms with Gasteiger partial charge in [0.1, 0.15) is 0 Å². The van der Waals surface area contributed by atoms with Crippen molar-refractivity contribution in [1.29, 1.82) is 0 Å². The Hall–Kier alpha value is -1.27. The molecule has 0 spiro atoms. The Labute approximate surface area is 115 Å². The molecule has 1 aliphatic carbocycles. The van der Waals surface area contributed by atoms with Gasteiger partial charge in [-0.15, -0.1) is 0 Å². The average Bonchev–Trinajstić information content (AvgIpc) is 3.07. The minimum Gasteiger partial charge on any atom is -0.481 e. The molecule has 3 heteroatoms. The molecule has 1 aliphatic rings. The third-order valence-electron chi connectivity index (χ3n) is 3.48. The molecule has 1 rings (SSSR count). The van der Waals surface area contributed by atoms with Crippen molar-refractivity contribution >= 4 is 5.97 Å². The van der Waals surface area contributed by atoms with E-state index in [0.717, 1.165) is 37.5 Å². The molecule has 0 radical (unpaired) electrons. The molecule has 0 heterocycles. The number of carboxylic acid groups (broad SMARTS) is 1. The van der Waals surface area contributed by atoms with Gasteiger partial charge in [-0.25, -0.2) is 0 Å². The molecule has 2 N–H and O–H groups in total. The van der Waals surface area contributed by atoms with Gasteiger partial charge < -0.3 is 10.2 Å². The van der Waals surface area contributed by atoms with Crippen molar-refractivity contribution < 1.29 is 15.0 Å². The second kappa shape index (κ2) is 8.77. The van der Waals surface area contributed by atoms with E-state index in [1.165, 1.54) is 12.8 Å². The van der Waals surface area contributed by atoms with Crippen LogP contribution < -0.4 is 0 Å². The second-order valence-corrected chi connectivity index (χ2v) is 5.35. The van der Waals surface area contributed by atoms with Gasteiger partial charge in [0.05, 0.1) is 6.10 Å².